The molecule has 2 aromatic rings. The Kier molecular flexibility index (Phi) is 5.71. The number of rotatable bonds is 7. The van der Waals surface area contributed by atoms with Gasteiger partial charge in [0, 0.05) is 12.2 Å². The standard InChI is InChI=1S/C20H21N3O4/c1-27-16-9-7-14(8-10-16)11-12-23-19(25)17(22-20(23)26)13-18(24)21-15-5-3-2-4-6-15/h2-10,17H,11-13H2,1H3,(H,21,24)(H,22,26)/t17-/m0/s1. The second-order valence-electron chi connectivity index (χ2n) is 6.21. The third-order valence-electron chi connectivity index (χ3n) is 4.34. The van der Waals surface area contributed by atoms with Crippen molar-refractivity contribution in [3.05, 3.63) is 60.2 Å². The summed E-state index contributed by atoms with van der Waals surface area (Å²) in [5.41, 5.74) is 1.64. The van der Waals surface area contributed by atoms with E-state index in [1.165, 1.54) is 0 Å². The van der Waals surface area contributed by atoms with Crippen molar-refractivity contribution in [2.75, 3.05) is 19.0 Å². The predicted octanol–water partition coefficient (Wildman–Crippen LogP) is 2.19. The third-order valence-corrected chi connectivity index (χ3v) is 4.34. The minimum Gasteiger partial charge on any atom is -0.497 e. The van der Waals surface area contributed by atoms with E-state index in [0.717, 1.165) is 16.2 Å². The van der Waals surface area contributed by atoms with Crippen LogP contribution >= 0.6 is 0 Å². The Morgan fingerprint density at radius 2 is 1.81 bits per heavy atom. The SMILES string of the molecule is COc1ccc(CCN2C(=O)N[C@@H](CC(=O)Nc3ccccc3)C2=O)cc1. The van der Waals surface area contributed by atoms with Crippen LogP contribution in [-0.2, 0) is 16.0 Å². The van der Waals surface area contributed by atoms with Crippen LogP contribution in [0.4, 0.5) is 10.5 Å². The van der Waals surface area contributed by atoms with Crippen molar-refractivity contribution in [3.63, 3.8) is 0 Å². The van der Waals surface area contributed by atoms with Crippen LogP contribution in [0.3, 0.4) is 0 Å². The number of methoxy groups -OCH3 is 1. The van der Waals surface area contributed by atoms with Gasteiger partial charge >= 0.3 is 6.03 Å². The van der Waals surface area contributed by atoms with Crippen LogP contribution in [0.25, 0.3) is 0 Å². The van der Waals surface area contributed by atoms with Gasteiger partial charge in [-0.1, -0.05) is 30.3 Å². The third kappa shape index (κ3) is 4.63. The number of carbonyl (C=O) groups is 3. The van der Waals surface area contributed by atoms with E-state index in [4.69, 9.17) is 4.74 Å². The number of urea groups is 1. The summed E-state index contributed by atoms with van der Waals surface area (Å²) >= 11 is 0. The number of nitrogens with zero attached hydrogens (tertiary/aromatic N) is 1. The molecule has 1 heterocycles. The maximum Gasteiger partial charge on any atom is 0.324 e. The molecule has 7 nitrogen and oxygen atoms in total. The first-order valence-electron chi connectivity index (χ1n) is 8.66. The second kappa shape index (κ2) is 8.35. The number of nitrogens with one attached hydrogen (secondary N) is 2. The van der Waals surface area contributed by atoms with E-state index in [0.29, 0.717) is 12.1 Å². The molecule has 0 aromatic heterocycles. The Hall–Kier alpha value is -3.35. The van der Waals surface area contributed by atoms with Gasteiger partial charge in [-0.3, -0.25) is 14.5 Å². The summed E-state index contributed by atoms with van der Waals surface area (Å²) in [5.74, 6) is 0.0480. The van der Waals surface area contributed by atoms with Crippen LogP contribution in [0.5, 0.6) is 5.75 Å². The Morgan fingerprint density at radius 1 is 1.11 bits per heavy atom. The largest absolute Gasteiger partial charge is 0.497 e. The van der Waals surface area contributed by atoms with Crippen molar-refractivity contribution in [2.24, 2.45) is 0 Å². The molecule has 0 saturated carbocycles. The summed E-state index contributed by atoms with van der Waals surface area (Å²) in [6, 6.07) is 15.1. The maximum atomic E-state index is 12.5. The average molecular weight is 367 g/mol. The molecule has 4 amide bonds. The molecule has 3 rings (SSSR count). The number of hydrogen-bond donors (Lipinski definition) is 2. The van der Waals surface area contributed by atoms with E-state index in [1.807, 2.05) is 30.3 Å². The van der Waals surface area contributed by atoms with E-state index in [1.54, 1.807) is 31.4 Å². The molecule has 0 bridgehead atoms. The number of carbonyl (C=O) groups excluding carboxylic acids is 3. The first kappa shape index (κ1) is 18.4. The quantitative estimate of drug-likeness (QED) is 0.735. The smallest absolute Gasteiger partial charge is 0.324 e. The Labute approximate surface area is 157 Å². The molecule has 1 atom stereocenters. The molecule has 7 heteroatoms. The van der Waals surface area contributed by atoms with Crippen molar-refractivity contribution < 1.29 is 19.1 Å². The van der Waals surface area contributed by atoms with E-state index in [9.17, 15) is 14.4 Å². The average Bonchev–Trinajstić information content (AvgIpc) is 2.94. The zero-order chi connectivity index (χ0) is 19.2. The van der Waals surface area contributed by atoms with Crippen molar-refractivity contribution in [1.82, 2.24) is 10.2 Å². The van der Waals surface area contributed by atoms with Crippen LogP contribution in [0, 0.1) is 0 Å². The van der Waals surface area contributed by atoms with Crippen molar-refractivity contribution in [2.45, 2.75) is 18.9 Å². The molecule has 2 N–H and O–H groups in total. The molecule has 0 aliphatic carbocycles. The molecule has 27 heavy (non-hydrogen) atoms. The zero-order valence-electron chi connectivity index (χ0n) is 15.0. The second-order valence-corrected chi connectivity index (χ2v) is 6.21. The first-order valence-corrected chi connectivity index (χ1v) is 8.66. The Bertz CT molecular complexity index is 821. The van der Waals surface area contributed by atoms with Gasteiger partial charge in [0.15, 0.2) is 0 Å². The first-order chi connectivity index (χ1) is 13.1. The highest BCUT2D eigenvalue weighted by atomic mass is 16.5. The van der Waals surface area contributed by atoms with Gasteiger partial charge in [0.1, 0.15) is 11.8 Å². The fourth-order valence-corrected chi connectivity index (χ4v) is 2.88. The molecule has 1 aliphatic rings. The summed E-state index contributed by atoms with van der Waals surface area (Å²) < 4.78 is 5.11. The van der Waals surface area contributed by atoms with Crippen LogP contribution < -0.4 is 15.4 Å². The molecule has 0 radical (unpaired) electrons. The molecule has 1 aliphatic heterocycles. The van der Waals surface area contributed by atoms with Crippen molar-refractivity contribution in [1.29, 1.82) is 0 Å². The summed E-state index contributed by atoms with van der Waals surface area (Å²) in [7, 11) is 1.59. The van der Waals surface area contributed by atoms with Gasteiger partial charge in [-0.2, -0.15) is 0 Å². The van der Waals surface area contributed by atoms with Crippen molar-refractivity contribution >= 4 is 23.5 Å². The lowest BCUT2D eigenvalue weighted by Crippen LogP contribution is -2.34. The fourth-order valence-electron chi connectivity index (χ4n) is 2.88. The highest BCUT2D eigenvalue weighted by Crippen LogP contribution is 2.15. The monoisotopic (exact) mass is 367 g/mol. The summed E-state index contributed by atoms with van der Waals surface area (Å²) in [6.45, 7) is 0.258. The highest BCUT2D eigenvalue weighted by Gasteiger charge is 2.38. The van der Waals surface area contributed by atoms with E-state index >= 15 is 0 Å². The van der Waals surface area contributed by atoms with E-state index < -0.39 is 12.1 Å². The normalized spacial score (nSPS) is 16.2. The fraction of sp³-hybridized carbons (Fsp3) is 0.250. The number of ether oxygens (including phenoxy) is 1. The van der Waals surface area contributed by atoms with Gasteiger partial charge in [-0.25, -0.2) is 4.79 Å². The zero-order valence-corrected chi connectivity index (χ0v) is 15.0. The van der Waals surface area contributed by atoms with E-state index in [-0.39, 0.29) is 24.8 Å². The summed E-state index contributed by atoms with van der Waals surface area (Å²) in [4.78, 5) is 37.8. The van der Waals surface area contributed by atoms with Gasteiger partial charge in [0.2, 0.25) is 5.91 Å². The van der Waals surface area contributed by atoms with Gasteiger partial charge in [-0.05, 0) is 36.2 Å². The number of amides is 4. The molecule has 0 spiro atoms. The number of para-hydroxylation sites is 1. The molecule has 2 aromatic carbocycles. The number of anilines is 1. The summed E-state index contributed by atoms with van der Waals surface area (Å²) in [6.07, 6.45) is 0.435. The van der Waals surface area contributed by atoms with Gasteiger partial charge < -0.3 is 15.4 Å². The number of hydrogen-bond acceptors (Lipinski definition) is 4. The van der Waals surface area contributed by atoms with Crippen LogP contribution in [-0.4, -0.2) is 42.4 Å². The lowest BCUT2D eigenvalue weighted by molar-refractivity contribution is -0.129. The van der Waals surface area contributed by atoms with Crippen LogP contribution in [0.15, 0.2) is 54.6 Å². The molecule has 1 fully saturated rings. The molecular formula is C20H21N3O4. The Balaban J connectivity index is 1.53. The van der Waals surface area contributed by atoms with Gasteiger partial charge in [0.05, 0.1) is 13.5 Å². The van der Waals surface area contributed by atoms with E-state index in [2.05, 4.69) is 10.6 Å². The van der Waals surface area contributed by atoms with Gasteiger partial charge in [0.25, 0.3) is 5.91 Å². The number of imide groups is 1. The predicted molar refractivity (Wildman–Crippen MR) is 100 cm³/mol. The van der Waals surface area contributed by atoms with Gasteiger partial charge in [-0.15, -0.1) is 0 Å². The number of benzene rings is 2. The molecule has 1 saturated heterocycles. The lowest BCUT2D eigenvalue weighted by atomic mass is 10.1. The van der Waals surface area contributed by atoms with Crippen molar-refractivity contribution in [3.8, 4) is 5.75 Å². The molecular weight excluding hydrogens is 346 g/mol. The minimum atomic E-state index is -0.836. The molecule has 0 unspecified atom stereocenters. The van der Waals surface area contributed by atoms with Crippen LogP contribution in [0.2, 0.25) is 0 Å². The lowest BCUT2D eigenvalue weighted by Gasteiger charge is -2.13. The molecule has 140 valence electrons. The minimum absolute atomic E-state index is 0.0987. The Morgan fingerprint density at radius 3 is 2.48 bits per heavy atom. The van der Waals surface area contributed by atoms with Crippen LogP contribution in [0.1, 0.15) is 12.0 Å². The highest BCUT2D eigenvalue weighted by molar-refractivity contribution is 6.06. The topological polar surface area (TPSA) is 87.7 Å². The maximum absolute atomic E-state index is 12.5. The summed E-state index contributed by atoms with van der Waals surface area (Å²) in [5, 5.41) is 5.30.